The summed E-state index contributed by atoms with van der Waals surface area (Å²) >= 11 is 1.64. The zero-order valence-electron chi connectivity index (χ0n) is 9.17. The fourth-order valence-electron chi connectivity index (χ4n) is 1.89. The summed E-state index contributed by atoms with van der Waals surface area (Å²) in [5.74, 6) is 0.815. The second-order valence-electron chi connectivity index (χ2n) is 3.99. The molecule has 0 fully saturated rings. The van der Waals surface area contributed by atoms with Crippen LogP contribution >= 0.6 is 11.3 Å². The van der Waals surface area contributed by atoms with E-state index in [1.54, 1.807) is 17.6 Å². The van der Waals surface area contributed by atoms with E-state index in [4.69, 9.17) is 4.42 Å². The van der Waals surface area contributed by atoms with Crippen molar-refractivity contribution in [2.75, 3.05) is 0 Å². The van der Waals surface area contributed by atoms with Crippen molar-refractivity contribution in [3.05, 3.63) is 59.4 Å². The van der Waals surface area contributed by atoms with E-state index in [9.17, 15) is 5.11 Å². The van der Waals surface area contributed by atoms with Crippen molar-refractivity contribution >= 4 is 21.4 Å². The van der Waals surface area contributed by atoms with Crippen LogP contribution in [0.2, 0.25) is 0 Å². The second-order valence-corrected chi connectivity index (χ2v) is 5.10. The minimum absolute atomic E-state index is 0.487. The van der Waals surface area contributed by atoms with Crippen LogP contribution in [0.15, 0.2) is 53.1 Å². The van der Waals surface area contributed by atoms with Crippen molar-refractivity contribution < 1.29 is 9.52 Å². The largest absolute Gasteiger partial charge is 0.469 e. The quantitative estimate of drug-likeness (QED) is 0.760. The lowest BCUT2D eigenvalue weighted by Gasteiger charge is -2.05. The van der Waals surface area contributed by atoms with Crippen molar-refractivity contribution in [1.29, 1.82) is 0 Å². The Bertz CT molecular complexity index is 577. The molecule has 17 heavy (non-hydrogen) atoms. The number of aliphatic hydroxyl groups is 1. The van der Waals surface area contributed by atoms with E-state index in [0.717, 1.165) is 10.6 Å². The smallest absolute Gasteiger partial charge is 0.106 e. The van der Waals surface area contributed by atoms with Gasteiger partial charge in [0.25, 0.3) is 0 Å². The standard InChI is InChI=1S/C14H12O2S/c15-12(9-11-5-3-7-16-11)14-8-10-4-1-2-6-13(10)17-14/h1-8,12,15H,9H2. The Balaban J connectivity index is 1.88. The molecule has 86 valence electrons. The van der Waals surface area contributed by atoms with Gasteiger partial charge in [-0.3, -0.25) is 0 Å². The number of furan rings is 1. The number of hydrogen-bond donors (Lipinski definition) is 1. The molecule has 2 nitrogen and oxygen atoms in total. The number of thiophene rings is 1. The third-order valence-corrected chi connectivity index (χ3v) is 3.96. The van der Waals surface area contributed by atoms with Crippen LogP contribution in [0.25, 0.3) is 10.1 Å². The molecule has 0 radical (unpaired) electrons. The predicted molar refractivity (Wildman–Crippen MR) is 69.2 cm³/mol. The summed E-state index contributed by atoms with van der Waals surface area (Å²) in [6.07, 6.45) is 1.67. The van der Waals surface area contributed by atoms with Gasteiger partial charge in [0, 0.05) is 16.0 Å². The van der Waals surface area contributed by atoms with Gasteiger partial charge in [0.05, 0.1) is 12.4 Å². The Hall–Kier alpha value is -1.58. The van der Waals surface area contributed by atoms with Crippen LogP contribution in [0.4, 0.5) is 0 Å². The van der Waals surface area contributed by atoms with E-state index in [-0.39, 0.29) is 0 Å². The van der Waals surface area contributed by atoms with Gasteiger partial charge in [0.15, 0.2) is 0 Å². The molecule has 0 aliphatic rings. The molecule has 1 unspecified atom stereocenters. The average molecular weight is 244 g/mol. The van der Waals surface area contributed by atoms with Crippen LogP contribution in [0.5, 0.6) is 0 Å². The molecule has 2 heterocycles. The summed E-state index contributed by atoms with van der Waals surface area (Å²) in [4.78, 5) is 0.989. The van der Waals surface area contributed by atoms with Crippen molar-refractivity contribution in [1.82, 2.24) is 0 Å². The summed E-state index contributed by atoms with van der Waals surface area (Å²) < 4.78 is 6.45. The number of benzene rings is 1. The van der Waals surface area contributed by atoms with E-state index in [1.807, 2.05) is 30.3 Å². The zero-order valence-corrected chi connectivity index (χ0v) is 9.98. The fraction of sp³-hybridized carbons (Fsp3) is 0.143. The molecule has 0 aliphatic heterocycles. The fourth-order valence-corrected chi connectivity index (χ4v) is 2.94. The van der Waals surface area contributed by atoms with Gasteiger partial charge in [-0.15, -0.1) is 11.3 Å². The SMILES string of the molecule is OC(Cc1ccco1)c1cc2ccccc2s1. The lowest BCUT2D eigenvalue weighted by molar-refractivity contribution is 0.174. The molecule has 0 spiro atoms. The number of rotatable bonds is 3. The minimum Gasteiger partial charge on any atom is -0.469 e. The maximum atomic E-state index is 10.1. The van der Waals surface area contributed by atoms with Gasteiger partial charge in [-0.25, -0.2) is 0 Å². The first-order chi connectivity index (χ1) is 8.33. The van der Waals surface area contributed by atoms with Crippen molar-refractivity contribution in [2.45, 2.75) is 12.5 Å². The van der Waals surface area contributed by atoms with Crippen LogP contribution < -0.4 is 0 Å². The van der Waals surface area contributed by atoms with E-state index < -0.39 is 6.10 Å². The third-order valence-electron chi connectivity index (χ3n) is 2.75. The first-order valence-corrected chi connectivity index (χ1v) is 6.33. The highest BCUT2D eigenvalue weighted by atomic mass is 32.1. The highest BCUT2D eigenvalue weighted by molar-refractivity contribution is 7.19. The Kier molecular flexibility index (Phi) is 2.71. The van der Waals surface area contributed by atoms with Crippen LogP contribution in [0, 0.1) is 0 Å². The average Bonchev–Trinajstić information content (AvgIpc) is 2.96. The third kappa shape index (κ3) is 2.12. The van der Waals surface area contributed by atoms with Gasteiger partial charge in [-0.1, -0.05) is 18.2 Å². The summed E-state index contributed by atoms with van der Waals surface area (Å²) in [5, 5.41) is 11.3. The van der Waals surface area contributed by atoms with Crippen molar-refractivity contribution in [3.8, 4) is 0 Å². The Labute approximate surface area is 103 Å². The van der Waals surface area contributed by atoms with Crippen LogP contribution in [-0.2, 0) is 6.42 Å². The molecular weight excluding hydrogens is 232 g/mol. The minimum atomic E-state index is -0.487. The first-order valence-electron chi connectivity index (χ1n) is 5.52. The van der Waals surface area contributed by atoms with Gasteiger partial charge in [-0.05, 0) is 29.7 Å². The molecule has 3 heteroatoms. The Morgan fingerprint density at radius 1 is 1.18 bits per heavy atom. The van der Waals surface area contributed by atoms with Gasteiger partial charge in [-0.2, -0.15) is 0 Å². The topological polar surface area (TPSA) is 33.4 Å². The lowest BCUT2D eigenvalue weighted by Crippen LogP contribution is -1.97. The van der Waals surface area contributed by atoms with Crippen molar-refractivity contribution in [3.63, 3.8) is 0 Å². The molecule has 0 saturated heterocycles. The van der Waals surface area contributed by atoms with Gasteiger partial charge in [0.2, 0.25) is 0 Å². The van der Waals surface area contributed by atoms with Gasteiger partial charge >= 0.3 is 0 Å². The monoisotopic (exact) mass is 244 g/mol. The van der Waals surface area contributed by atoms with Gasteiger partial charge < -0.3 is 9.52 Å². The summed E-state index contributed by atoms with van der Waals surface area (Å²) in [5.41, 5.74) is 0. The number of hydrogen-bond acceptors (Lipinski definition) is 3. The molecule has 1 aromatic carbocycles. The molecule has 1 atom stereocenters. The Morgan fingerprint density at radius 2 is 2.06 bits per heavy atom. The highest BCUT2D eigenvalue weighted by Gasteiger charge is 2.13. The van der Waals surface area contributed by atoms with E-state index >= 15 is 0 Å². The van der Waals surface area contributed by atoms with E-state index in [0.29, 0.717) is 6.42 Å². The molecule has 0 bridgehead atoms. The molecule has 3 aromatic rings. The maximum absolute atomic E-state index is 10.1. The predicted octanol–water partition coefficient (Wildman–Crippen LogP) is 3.77. The first kappa shape index (κ1) is 10.6. The molecule has 0 saturated carbocycles. The summed E-state index contributed by atoms with van der Waals surface area (Å²) in [7, 11) is 0. The normalized spacial score (nSPS) is 13.0. The molecule has 0 amide bonds. The Morgan fingerprint density at radius 3 is 2.82 bits per heavy atom. The van der Waals surface area contributed by atoms with Crippen molar-refractivity contribution in [2.24, 2.45) is 0 Å². The summed E-state index contributed by atoms with van der Waals surface area (Å²) in [6, 6.07) is 13.9. The second kappa shape index (κ2) is 4.35. The van der Waals surface area contributed by atoms with Gasteiger partial charge in [0.1, 0.15) is 5.76 Å². The van der Waals surface area contributed by atoms with Crippen LogP contribution in [0.1, 0.15) is 16.7 Å². The summed E-state index contributed by atoms with van der Waals surface area (Å²) in [6.45, 7) is 0. The molecule has 2 aromatic heterocycles. The molecular formula is C14H12O2S. The number of aliphatic hydroxyl groups excluding tert-OH is 1. The zero-order chi connectivity index (χ0) is 11.7. The molecule has 1 N–H and O–H groups in total. The highest BCUT2D eigenvalue weighted by Crippen LogP contribution is 2.31. The maximum Gasteiger partial charge on any atom is 0.106 e. The molecule has 3 rings (SSSR count). The van der Waals surface area contributed by atoms with Crippen LogP contribution in [0.3, 0.4) is 0 Å². The number of fused-ring (bicyclic) bond motifs is 1. The van der Waals surface area contributed by atoms with Crippen LogP contribution in [-0.4, -0.2) is 5.11 Å². The van der Waals surface area contributed by atoms with E-state index in [2.05, 4.69) is 12.1 Å². The molecule has 0 aliphatic carbocycles. The van der Waals surface area contributed by atoms with E-state index in [1.165, 1.54) is 10.1 Å². The lowest BCUT2D eigenvalue weighted by atomic mass is 10.1.